The fourth-order valence-electron chi connectivity index (χ4n) is 4.59. The number of hydrogen-bond acceptors (Lipinski definition) is 5. The number of carbonyl (C=O) groups is 2. The monoisotopic (exact) mass is 546 g/mol. The van der Waals surface area contributed by atoms with E-state index in [0.717, 1.165) is 12.1 Å². The molecule has 0 unspecified atom stereocenters. The van der Waals surface area contributed by atoms with E-state index < -0.39 is 26.3 Å². The van der Waals surface area contributed by atoms with E-state index in [4.69, 9.17) is 4.74 Å². The van der Waals surface area contributed by atoms with Gasteiger partial charge in [-0.05, 0) is 61.9 Å². The number of ketones is 1. The van der Waals surface area contributed by atoms with Crippen LogP contribution in [0.1, 0.15) is 32.7 Å². The van der Waals surface area contributed by atoms with E-state index in [9.17, 15) is 29.0 Å². The first kappa shape index (κ1) is 27.0. The van der Waals surface area contributed by atoms with E-state index in [-0.39, 0.29) is 36.7 Å². The molecule has 1 saturated heterocycles. The molecule has 1 atom stereocenters. The molecule has 2 aromatic carbocycles. The summed E-state index contributed by atoms with van der Waals surface area (Å²) in [6.07, 6.45) is 2.11. The molecule has 1 aliphatic heterocycles. The van der Waals surface area contributed by atoms with Gasteiger partial charge < -0.3 is 15.4 Å². The van der Waals surface area contributed by atoms with Gasteiger partial charge in [-0.2, -0.15) is 5.10 Å². The molecule has 4 rings (SSSR count). The first-order chi connectivity index (χ1) is 17.1. The lowest BCUT2D eigenvalue weighted by molar-refractivity contribution is 0.0782. The van der Waals surface area contributed by atoms with Crippen LogP contribution in [0.2, 0.25) is 0 Å². The minimum Gasteiger partial charge on any atom is -0.383 e. The number of fused-ring (bicyclic) bond motifs is 1. The molecule has 2 N–H and O–H groups in total. The molecule has 13 heteroatoms. The highest BCUT2D eigenvalue weighted by molar-refractivity contribution is 8.45. The van der Waals surface area contributed by atoms with Crippen molar-refractivity contribution in [3.8, 4) is 0 Å². The number of rotatable bonds is 9. The van der Waals surface area contributed by atoms with Crippen molar-refractivity contribution in [3.63, 3.8) is 0 Å². The van der Waals surface area contributed by atoms with Crippen LogP contribution in [0.5, 0.6) is 0 Å². The minimum atomic E-state index is -9.84. The Labute approximate surface area is 210 Å². The quantitative estimate of drug-likeness (QED) is 0.218. The largest absolute Gasteiger partial charge is 0.383 e. The van der Waals surface area contributed by atoms with Gasteiger partial charge in [0.05, 0.1) is 24.1 Å². The zero-order chi connectivity index (χ0) is 27.1. The molecule has 1 aromatic heterocycles. The summed E-state index contributed by atoms with van der Waals surface area (Å²) < 4.78 is 72.0. The second-order valence-electron chi connectivity index (χ2n) is 9.28. The Kier molecular flexibility index (Phi) is 6.41. The fourth-order valence-corrected chi connectivity index (χ4v) is 5.24. The standard InChI is InChI=1S/C24H27F5N4O3S/c1-16-19(23(35)31-11-12-36-2)7-8-21-20(16)13-33(32-21)15-24(9-10-30-14-24)22(34)17-3-5-18(6-4-17)37(25,26,27,28)29/h3-8,13,30H,9-12,14-15H2,1-2H3,(H,31,35)/t24-/m1/s1. The number of aryl methyl sites for hydroxylation is 1. The Balaban J connectivity index is 1.61. The third kappa shape index (κ3) is 5.63. The van der Waals surface area contributed by atoms with Crippen LogP contribution in [0.3, 0.4) is 0 Å². The first-order valence-corrected chi connectivity index (χ1v) is 13.4. The maximum Gasteiger partial charge on any atom is 0.310 e. The predicted molar refractivity (Wildman–Crippen MR) is 131 cm³/mol. The van der Waals surface area contributed by atoms with E-state index in [2.05, 4.69) is 15.7 Å². The molecule has 2 heterocycles. The third-order valence-electron chi connectivity index (χ3n) is 6.59. The molecule has 37 heavy (non-hydrogen) atoms. The van der Waals surface area contributed by atoms with Crippen molar-refractivity contribution in [2.45, 2.75) is 24.8 Å². The number of ether oxygens (including phenoxy) is 1. The third-order valence-corrected chi connectivity index (χ3v) is 7.76. The average Bonchev–Trinajstić information content (AvgIpc) is 3.46. The van der Waals surface area contributed by atoms with E-state index in [1.165, 1.54) is 7.11 Å². The summed E-state index contributed by atoms with van der Waals surface area (Å²) in [6.45, 7) is 3.38. The number of aromatic nitrogens is 2. The first-order valence-electron chi connectivity index (χ1n) is 11.5. The van der Waals surface area contributed by atoms with E-state index >= 15 is 0 Å². The molecule has 0 bridgehead atoms. The smallest absolute Gasteiger partial charge is 0.310 e. The molecule has 1 amide bonds. The topological polar surface area (TPSA) is 85.2 Å². The maximum absolute atomic E-state index is 13.4. The van der Waals surface area contributed by atoms with E-state index in [1.54, 1.807) is 29.9 Å². The van der Waals surface area contributed by atoms with Gasteiger partial charge >= 0.3 is 10.2 Å². The highest BCUT2D eigenvalue weighted by atomic mass is 32.5. The summed E-state index contributed by atoms with van der Waals surface area (Å²) in [5.74, 6) is -0.716. The highest BCUT2D eigenvalue weighted by Crippen LogP contribution is 3.02. The average molecular weight is 547 g/mol. The lowest BCUT2D eigenvalue weighted by Crippen LogP contribution is -2.38. The number of halogens is 5. The Morgan fingerprint density at radius 2 is 1.84 bits per heavy atom. The van der Waals surface area contributed by atoms with Gasteiger partial charge in [0.25, 0.3) is 5.91 Å². The Bertz CT molecular complexity index is 1350. The number of Topliss-reactive ketones (excluding diaryl/α,β-unsaturated/α-hetero) is 1. The predicted octanol–water partition coefficient (Wildman–Crippen LogP) is 5.24. The van der Waals surface area contributed by atoms with Gasteiger partial charge in [-0.1, -0.05) is 19.4 Å². The number of hydrogen-bond donors (Lipinski definition) is 2. The van der Waals surface area contributed by atoms with Crippen molar-refractivity contribution in [1.82, 2.24) is 20.4 Å². The summed E-state index contributed by atoms with van der Waals surface area (Å²) >= 11 is 0. The van der Waals surface area contributed by atoms with Crippen LogP contribution in [-0.2, 0) is 11.3 Å². The van der Waals surface area contributed by atoms with Gasteiger partial charge in [0.15, 0.2) is 5.78 Å². The number of amides is 1. The molecular formula is C24H27F5N4O3S. The van der Waals surface area contributed by atoms with Crippen LogP contribution in [-0.4, -0.2) is 54.8 Å². The van der Waals surface area contributed by atoms with Crippen LogP contribution in [0, 0.1) is 12.3 Å². The van der Waals surface area contributed by atoms with Crippen molar-refractivity contribution in [2.75, 3.05) is 33.4 Å². The lowest BCUT2D eigenvalue weighted by atomic mass is 9.79. The zero-order valence-electron chi connectivity index (χ0n) is 20.2. The number of nitrogens with zero attached hydrogens (tertiary/aromatic N) is 2. The van der Waals surface area contributed by atoms with Crippen molar-refractivity contribution < 1.29 is 33.8 Å². The van der Waals surface area contributed by atoms with Gasteiger partial charge in [0, 0.05) is 42.9 Å². The highest BCUT2D eigenvalue weighted by Gasteiger charge is 2.65. The zero-order valence-corrected chi connectivity index (χ0v) is 21.0. The molecule has 202 valence electrons. The van der Waals surface area contributed by atoms with Crippen molar-refractivity contribution >= 4 is 32.8 Å². The number of benzene rings is 2. The Morgan fingerprint density at radius 3 is 2.43 bits per heavy atom. The maximum atomic E-state index is 13.4. The second-order valence-corrected chi connectivity index (χ2v) is 11.7. The SMILES string of the molecule is COCCNC(=O)c1ccc2nn(C[C@@]3(C(=O)c4ccc(S(F)(F)(F)(F)F)cc4)CCNC3)cc2c1C. The molecule has 0 saturated carbocycles. The molecule has 1 aliphatic rings. The fraction of sp³-hybridized carbons (Fsp3) is 0.375. The summed E-state index contributed by atoms with van der Waals surface area (Å²) in [6, 6.07) is 5.48. The normalized spacial score (nSPS) is 20.0. The summed E-state index contributed by atoms with van der Waals surface area (Å²) in [7, 11) is -8.30. The summed E-state index contributed by atoms with van der Waals surface area (Å²) in [4.78, 5) is 23.9. The minimum absolute atomic E-state index is 0.0859. The lowest BCUT2D eigenvalue weighted by Gasteiger charge is -2.40. The van der Waals surface area contributed by atoms with Gasteiger partial charge in [-0.25, -0.2) is 0 Å². The summed E-state index contributed by atoms with van der Waals surface area (Å²) in [5.41, 5.74) is 0.666. The summed E-state index contributed by atoms with van der Waals surface area (Å²) in [5, 5.41) is 11.1. The van der Waals surface area contributed by atoms with Crippen LogP contribution in [0.4, 0.5) is 19.4 Å². The second kappa shape index (κ2) is 8.77. The van der Waals surface area contributed by atoms with Crippen molar-refractivity contribution in [1.29, 1.82) is 0 Å². The van der Waals surface area contributed by atoms with Gasteiger partial charge in [0.2, 0.25) is 0 Å². The molecule has 1 fully saturated rings. The Hall–Kier alpha value is -3.03. The van der Waals surface area contributed by atoms with Crippen LogP contribution >= 0.6 is 10.2 Å². The molecular weight excluding hydrogens is 519 g/mol. The molecule has 3 aromatic rings. The van der Waals surface area contributed by atoms with Crippen LogP contribution in [0.25, 0.3) is 10.9 Å². The molecule has 7 nitrogen and oxygen atoms in total. The van der Waals surface area contributed by atoms with E-state index in [1.807, 2.05) is 0 Å². The van der Waals surface area contributed by atoms with Crippen molar-refractivity contribution in [3.05, 3.63) is 59.3 Å². The number of methoxy groups -OCH3 is 1. The molecule has 0 spiro atoms. The molecule has 0 radical (unpaired) electrons. The van der Waals surface area contributed by atoms with Crippen LogP contribution in [0.15, 0.2) is 47.5 Å². The number of carbonyl (C=O) groups excluding carboxylic acids is 2. The molecule has 0 aliphatic carbocycles. The van der Waals surface area contributed by atoms with Gasteiger partial charge in [-0.15, -0.1) is 0 Å². The van der Waals surface area contributed by atoms with Crippen LogP contribution < -0.4 is 10.6 Å². The van der Waals surface area contributed by atoms with Gasteiger partial charge in [0.1, 0.15) is 4.90 Å². The number of nitrogens with one attached hydrogen (secondary N) is 2. The van der Waals surface area contributed by atoms with Crippen molar-refractivity contribution in [2.24, 2.45) is 5.41 Å². The van der Waals surface area contributed by atoms with E-state index in [0.29, 0.717) is 48.1 Å². The Morgan fingerprint density at radius 1 is 1.14 bits per heavy atom. The van der Waals surface area contributed by atoms with Gasteiger partial charge in [-0.3, -0.25) is 14.3 Å².